The Bertz CT molecular complexity index is 510. The molecule has 2 rings (SSSR count). The molecule has 0 bridgehead atoms. The van der Waals surface area contributed by atoms with Gasteiger partial charge >= 0.3 is 6.36 Å². The fraction of sp³-hybridized carbons (Fsp3) is 0.417. The number of hydrogen-bond acceptors (Lipinski definition) is 3. The van der Waals surface area contributed by atoms with Gasteiger partial charge in [-0.2, -0.15) is 0 Å². The molecular weight excluding hydrogens is 261 g/mol. The monoisotopic (exact) mass is 274 g/mol. The van der Waals surface area contributed by atoms with Crippen LogP contribution in [0.4, 0.5) is 18.9 Å². The minimum atomic E-state index is -4.84. The van der Waals surface area contributed by atoms with E-state index >= 15 is 0 Å². The molecule has 0 unspecified atom stereocenters. The van der Waals surface area contributed by atoms with Gasteiger partial charge in [0.2, 0.25) is 0 Å². The third kappa shape index (κ3) is 3.52. The van der Waals surface area contributed by atoms with Gasteiger partial charge in [0.05, 0.1) is 5.69 Å². The summed E-state index contributed by atoms with van der Waals surface area (Å²) in [7, 11) is 0. The second-order valence-electron chi connectivity index (χ2n) is 4.82. The number of nitrogen functional groups attached to an aromatic ring is 1. The van der Waals surface area contributed by atoms with E-state index in [2.05, 4.69) is 10.1 Å². The van der Waals surface area contributed by atoms with E-state index in [9.17, 15) is 18.0 Å². The standard InChI is InChI=1S/C12H13F3N2O2/c1-11(4-5-11)17-10(18)7-2-3-8(16)9(6-7)19-12(13,14)15/h2-3,6H,4-5,16H2,1H3,(H,17,18). The van der Waals surface area contributed by atoms with Gasteiger partial charge in [0.15, 0.2) is 5.75 Å². The molecule has 0 aliphatic heterocycles. The molecule has 104 valence electrons. The fourth-order valence-electron chi connectivity index (χ4n) is 1.55. The van der Waals surface area contributed by atoms with Crippen molar-refractivity contribution in [2.45, 2.75) is 31.7 Å². The van der Waals surface area contributed by atoms with Gasteiger partial charge < -0.3 is 15.8 Å². The third-order valence-electron chi connectivity index (χ3n) is 2.92. The predicted octanol–water partition coefficient (Wildman–Crippen LogP) is 2.45. The van der Waals surface area contributed by atoms with Crippen LogP contribution in [0, 0.1) is 0 Å². The molecule has 1 fully saturated rings. The largest absolute Gasteiger partial charge is 0.573 e. The molecule has 1 amide bonds. The van der Waals surface area contributed by atoms with Crippen LogP contribution in [-0.4, -0.2) is 17.8 Å². The number of hydrogen-bond donors (Lipinski definition) is 2. The number of halogens is 3. The Balaban J connectivity index is 2.18. The van der Waals surface area contributed by atoms with E-state index in [4.69, 9.17) is 5.73 Å². The average molecular weight is 274 g/mol. The molecule has 7 heteroatoms. The number of anilines is 1. The van der Waals surface area contributed by atoms with Crippen LogP contribution in [0.25, 0.3) is 0 Å². The van der Waals surface area contributed by atoms with Gasteiger partial charge in [-0.1, -0.05) is 0 Å². The van der Waals surface area contributed by atoms with E-state index in [0.717, 1.165) is 18.9 Å². The first kappa shape index (κ1) is 13.5. The number of rotatable bonds is 3. The number of nitrogens with one attached hydrogen (secondary N) is 1. The topological polar surface area (TPSA) is 64.4 Å². The Morgan fingerprint density at radius 1 is 1.42 bits per heavy atom. The van der Waals surface area contributed by atoms with E-state index in [1.807, 2.05) is 6.92 Å². The highest BCUT2D eigenvalue weighted by atomic mass is 19.4. The molecule has 1 aromatic carbocycles. The highest BCUT2D eigenvalue weighted by Crippen LogP contribution is 2.35. The zero-order valence-corrected chi connectivity index (χ0v) is 10.2. The van der Waals surface area contributed by atoms with Crippen molar-refractivity contribution < 1.29 is 22.7 Å². The molecular formula is C12H13F3N2O2. The van der Waals surface area contributed by atoms with E-state index in [-0.39, 0.29) is 16.8 Å². The maximum Gasteiger partial charge on any atom is 0.573 e. The van der Waals surface area contributed by atoms with Crippen LogP contribution < -0.4 is 15.8 Å². The van der Waals surface area contributed by atoms with Gasteiger partial charge in [-0.05, 0) is 38.0 Å². The Kier molecular flexibility index (Phi) is 3.07. The van der Waals surface area contributed by atoms with Crippen molar-refractivity contribution in [3.05, 3.63) is 23.8 Å². The van der Waals surface area contributed by atoms with Crippen LogP contribution >= 0.6 is 0 Å². The van der Waals surface area contributed by atoms with E-state index < -0.39 is 18.0 Å². The Labute approximate surface area is 107 Å². The highest BCUT2D eigenvalue weighted by Gasteiger charge is 2.39. The van der Waals surface area contributed by atoms with Crippen LogP contribution in [-0.2, 0) is 0 Å². The number of nitrogens with two attached hydrogens (primary N) is 1. The Hall–Kier alpha value is -1.92. The molecule has 1 aromatic rings. The summed E-state index contributed by atoms with van der Waals surface area (Å²) in [4.78, 5) is 11.8. The third-order valence-corrected chi connectivity index (χ3v) is 2.92. The smallest absolute Gasteiger partial charge is 0.404 e. The molecule has 0 heterocycles. The van der Waals surface area contributed by atoms with Gasteiger partial charge in [0, 0.05) is 11.1 Å². The normalized spacial score (nSPS) is 16.8. The van der Waals surface area contributed by atoms with Gasteiger partial charge in [-0.15, -0.1) is 13.2 Å². The number of ether oxygens (including phenoxy) is 1. The van der Waals surface area contributed by atoms with Crippen LogP contribution in [0.5, 0.6) is 5.75 Å². The van der Waals surface area contributed by atoms with Crippen LogP contribution in [0.1, 0.15) is 30.1 Å². The van der Waals surface area contributed by atoms with Crippen molar-refractivity contribution >= 4 is 11.6 Å². The Morgan fingerprint density at radius 3 is 2.58 bits per heavy atom. The van der Waals surface area contributed by atoms with Gasteiger partial charge in [-0.3, -0.25) is 4.79 Å². The van der Waals surface area contributed by atoms with Gasteiger partial charge in [0.1, 0.15) is 0 Å². The first-order valence-corrected chi connectivity index (χ1v) is 5.66. The highest BCUT2D eigenvalue weighted by molar-refractivity contribution is 5.95. The van der Waals surface area contributed by atoms with Crippen molar-refractivity contribution in [2.75, 3.05) is 5.73 Å². The number of alkyl halides is 3. The van der Waals surface area contributed by atoms with Crippen molar-refractivity contribution in [1.82, 2.24) is 5.32 Å². The second kappa shape index (κ2) is 4.32. The summed E-state index contributed by atoms with van der Waals surface area (Å²) in [5.41, 5.74) is 5.04. The quantitative estimate of drug-likeness (QED) is 0.832. The SMILES string of the molecule is CC1(NC(=O)c2ccc(N)c(OC(F)(F)F)c2)CC1. The summed E-state index contributed by atoms with van der Waals surface area (Å²) in [5.74, 6) is -1.01. The fourth-order valence-corrected chi connectivity index (χ4v) is 1.55. The molecule has 0 spiro atoms. The minimum absolute atomic E-state index is 0.0848. The number of benzene rings is 1. The molecule has 19 heavy (non-hydrogen) atoms. The summed E-state index contributed by atoms with van der Waals surface area (Å²) in [5, 5.41) is 2.74. The first-order chi connectivity index (χ1) is 8.69. The van der Waals surface area contributed by atoms with Crippen LogP contribution in [0.3, 0.4) is 0 Å². The summed E-state index contributed by atoms with van der Waals surface area (Å²) in [6.45, 7) is 1.87. The number of carbonyl (C=O) groups excluding carboxylic acids is 1. The van der Waals surface area contributed by atoms with E-state index in [1.165, 1.54) is 12.1 Å². The van der Waals surface area contributed by atoms with Crippen LogP contribution in [0.2, 0.25) is 0 Å². The summed E-state index contributed by atoms with van der Waals surface area (Å²) < 4.78 is 40.2. The average Bonchev–Trinajstić information content (AvgIpc) is 2.97. The maximum absolute atomic E-state index is 12.2. The summed E-state index contributed by atoms with van der Waals surface area (Å²) in [6.07, 6.45) is -3.12. The summed E-state index contributed by atoms with van der Waals surface area (Å²) >= 11 is 0. The van der Waals surface area contributed by atoms with E-state index in [1.54, 1.807) is 0 Å². The molecule has 0 saturated heterocycles. The van der Waals surface area contributed by atoms with Crippen molar-refractivity contribution in [2.24, 2.45) is 0 Å². The molecule has 1 aliphatic carbocycles. The molecule has 1 aliphatic rings. The van der Waals surface area contributed by atoms with Crippen LogP contribution in [0.15, 0.2) is 18.2 Å². The zero-order valence-electron chi connectivity index (χ0n) is 10.2. The Morgan fingerprint density at radius 2 is 2.05 bits per heavy atom. The molecule has 4 nitrogen and oxygen atoms in total. The number of amides is 1. The molecule has 0 aromatic heterocycles. The summed E-state index contributed by atoms with van der Waals surface area (Å²) in [6, 6.07) is 3.56. The molecule has 0 radical (unpaired) electrons. The lowest BCUT2D eigenvalue weighted by atomic mass is 10.1. The minimum Gasteiger partial charge on any atom is -0.404 e. The lowest BCUT2D eigenvalue weighted by Crippen LogP contribution is -2.34. The maximum atomic E-state index is 12.2. The van der Waals surface area contributed by atoms with Gasteiger partial charge in [0.25, 0.3) is 5.91 Å². The lowest BCUT2D eigenvalue weighted by molar-refractivity contribution is -0.274. The molecule has 3 N–H and O–H groups in total. The predicted molar refractivity (Wildman–Crippen MR) is 62.6 cm³/mol. The molecule has 1 saturated carbocycles. The van der Waals surface area contributed by atoms with E-state index in [0.29, 0.717) is 0 Å². The second-order valence-corrected chi connectivity index (χ2v) is 4.82. The number of carbonyl (C=O) groups is 1. The molecule has 0 atom stereocenters. The zero-order chi connectivity index (χ0) is 14.3. The van der Waals surface area contributed by atoms with Crippen molar-refractivity contribution in [3.8, 4) is 5.75 Å². The van der Waals surface area contributed by atoms with Gasteiger partial charge in [-0.25, -0.2) is 0 Å². The first-order valence-electron chi connectivity index (χ1n) is 5.66. The van der Waals surface area contributed by atoms with Crippen molar-refractivity contribution in [3.63, 3.8) is 0 Å². The van der Waals surface area contributed by atoms with Crippen molar-refractivity contribution in [1.29, 1.82) is 0 Å². The lowest BCUT2D eigenvalue weighted by Gasteiger charge is -2.14.